The van der Waals surface area contributed by atoms with Gasteiger partial charge in [-0.2, -0.15) is 4.99 Å². The number of urea groups is 1. The van der Waals surface area contributed by atoms with Crippen LogP contribution in [0, 0.1) is 13.8 Å². The summed E-state index contributed by atoms with van der Waals surface area (Å²) in [5, 5.41) is 2.75. The van der Waals surface area contributed by atoms with Crippen LogP contribution >= 0.6 is 0 Å². The summed E-state index contributed by atoms with van der Waals surface area (Å²) in [6.45, 7) is 9.69. The Hall–Kier alpha value is -2.04. The molecule has 0 aliphatic carbocycles. The van der Waals surface area contributed by atoms with Crippen molar-refractivity contribution in [3.63, 3.8) is 0 Å². The van der Waals surface area contributed by atoms with Gasteiger partial charge in [-0.3, -0.25) is 0 Å². The number of benzene rings is 1. The Balaban J connectivity index is 2.97. The molecule has 5 nitrogen and oxygen atoms in total. The van der Waals surface area contributed by atoms with Crippen molar-refractivity contribution in [2.45, 2.75) is 40.2 Å². The summed E-state index contributed by atoms with van der Waals surface area (Å²) in [5.41, 5.74) is 8.73. The number of nitrogens with one attached hydrogen (secondary N) is 1. The second-order valence-electron chi connectivity index (χ2n) is 5.95. The minimum atomic E-state index is -0.437. The van der Waals surface area contributed by atoms with E-state index in [0.717, 1.165) is 16.8 Å². The fraction of sp³-hybridized carbons (Fsp3) is 0.467. The molecule has 3 N–H and O–H groups in total. The number of carbonyl (C=O) groups is 1. The number of nitrogens with two attached hydrogens (primary N) is 1. The molecule has 0 saturated heterocycles. The van der Waals surface area contributed by atoms with E-state index in [2.05, 4.69) is 10.3 Å². The highest BCUT2D eigenvalue weighted by Gasteiger charge is 2.16. The number of para-hydroxylation sites is 1. The van der Waals surface area contributed by atoms with Crippen LogP contribution in [-0.4, -0.2) is 24.6 Å². The predicted octanol–water partition coefficient (Wildman–Crippen LogP) is 2.56. The first-order valence-corrected chi connectivity index (χ1v) is 6.58. The third-order valence-electron chi connectivity index (χ3n) is 2.82. The second-order valence-corrected chi connectivity index (χ2v) is 5.95. The van der Waals surface area contributed by atoms with Crippen LogP contribution in [0.25, 0.3) is 0 Å². The lowest BCUT2D eigenvalue weighted by molar-refractivity contribution is 0.241. The Bertz CT molecular complexity index is 509. The standard InChI is InChI=1S/C15H24N4O/c1-10-8-7-9-11(2)12(10)19(6)13(16)17-14(20)18-15(3,4)5/h7-9H,1-6H3,(H3,16,17,18,20). The summed E-state index contributed by atoms with van der Waals surface area (Å²) in [6.07, 6.45) is 0. The van der Waals surface area contributed by atoms with Gasteiger partial charge < -0.3 is 16.0 Å². The van der Waals surface area contributed by atoms with Crippen LogP contribution in [0.3, 0.4) is 0 Å². The highest BCUT2D eigenvalue weighted by atomic mass is 16.2. The number of aryl methyl sites for hydroxylation is 2. The van der Waals surface area contributed by atoms with Gasteiger partial charge in [0.2, 0.25) is 5.96 Å². The smallest absolute Gasteiger partial charge is 0.344 e. The average Bonchev–Trinajstić information content (AvgIpc) is 2.25. The molecule has 0 heterocycles. The van der Waals surface area contributed by atoms with Crippen molar-refractivity contribution >= 4 is 17.7 Å². The van der Waals surface area contributed by atoms with Gasteiger partial charge in [0.15, 0.2) is 0 Å². The van der Waals surface area contributed by atoms with Crippen LogP contribution < -0.4 is 16.0 Å². The molecule has 1 rings (SSSR count). The lowest BCUT2D eigenvalue weighted by Gasteiger charge is -2.23. The number of hydrogen-bond acceptors (Lipinski definition) is 1. The van der Waals surface area contributed by atoms with E-state index < -0.39 is 6.03 Å². The minimum Gasteiger partial charge on any atom is -0.369 e. The van der Waals surface area contributed by atoms with Gasteiger partial charge >= 0.3 is 6.03 Å². The molecule has 0 fully saturated rings. The average molecular weight is 276 g/mol. The summed E-state index contributed by atoms with van der Waals surface area (Å²) in [4.78, 5) is 17.4. The van der Waals surface area contributed by atoms with Crippen molar-refractivity contribution in [3.8, 4) is 0 Å². The van der Waals surface area contributed by atoms with Crippen molar-refractivity contribution in [1.82, 2.24) is 5.32 Å². The largest absolute Gasteiger partial charge is 0.369 e. The zero-order valence-electron chi connectivity index (χ0n) is 13.1. The SMILES string of the molecule is Cc1cccc(C)c1N(C)/C(N)=N\C(=O)NC(C)(C)C. The van der Waals surface area contributed by atoms with Gasteiger partial charge in [0.05, 0.1) is 0 Å². The van der Waals surface area contributed by atoms with Crippen molar-refractivity contribution in [1.29, 1.82) is 0 Å². The van der Waals surface area contributed by atoms with E-state index in [4.69, 9.17) is 5.73 Å². The van der Waals surface area contributed by atoms with E-state index in [1.165, 1.54) is 0 Å². The molecule has 5 heteroatoms. The van der Waals surface area contributed by atoms with Gasteiger partial charge in [-0.05, 0) is 45.7 Å². The molecular weight excluding hydrogens is 252 g/mol. The highest BCUT2D eigenvalue weighted by Crippen LogP contribution is 2.23. The number of amides is 2. The van der Waals surface area contributed by atoms with Crippen LogP contribution in [0.1, 0.15) is 31.9 Å². The maximum atomic E-state index is 11.8. The van der Waals surface area contributed by atoms with E-state index in [0.29, 0.717) is 0 Å². The number of aliphatic imine (C=N–C) groups is 1. The van der Waals surface area contributed by atoms with Crippen LogP contribution in [0.4, 0.5) is 10.5 Å². The molecule has 2 amide bonds. The molecule has 1 aromatic rings. The molecule has 0 atom stereocenters. The van der Waals surface area contributed by atoms with Crippen LogP contribution in [-0.2, 0) is 0 Å². The summed E-state index contributed by atoms with van der Waals surface area (Å²) < 4.78 is 0. The van der Waals surface area contributed by atoms with Crippen LogP contribution in [0.15, 0.2) is 23.2 Å². The Morgan fingerprint density at radius 1 is 1.25 bits per heavy atom. The number of anilines is 1. The quantitative estimate of drug-likeness (QED) is 0.611. The van der Waals surface area contributed by atoms with Gasteiger partial charge in [0.1, 0.15) is 0 Å². The van der Waals surface area contributed by atoms with Crippen molar-refractivity contribution in [2.24, 2.45) is 10.7 Å². The summed E-state index contributed by atoms with van der Waals surface area (Å²) >= 11 is 0. The Morgan fingerprint density at radius 3 is 2.20 bits per heavy atom. The van der Waals surface area contributed by atoms with Crippen LogP contribution in [0.2, 0.25) is 0 Å². The van der Waals surface area contributed by atoms with Crippen molar-refractivity contribution < 1.29 is 4.79 Å². The molecule has 0 radical (unpaired) electrons. The van der Waals surface area contributed by atoms with Crippen molar-refractivity contribution in [2.75, 3.05) is 11.9 Å². The molecule has 0 aliphatic heterocycles. The molecule has 0 spiro atoms. The van der Waals surface area contributed by atoms with Crippen molar-refractivity contribution in [3.05, 3.63) is 29.3 Å². The normalized spacial score (nSPS) is 12.2. The lowest BCUT2D eigenvalue weighted by Crippen LogP contribution is -2.42. The third kappa shape index (κ3) is 4.26. The van der Waals surface area contributed by atoms with Gasteiger partial charge in [0.25, 0.3) is 0 Å². The molecule has 0 aliphatic rings. The molecule has 0 saturated carbocycles. The topological polar surface area (TPSA) is 70.7 Å². The summed E-state index contributed by atoms with van der Waals surface area (Å²) in [5.74, 6) is 0.171. The summed E-state index contributed by atoms with van der Waals surface area (Å²) in [6, 6.07) is 5.55. The third-order valence-corrected chi connectivity index (χ3v) is 2.82. The number of carbonyl (C=O) groups excluding carboxylic acids is 1. The van der Waals surface area contributed by atoms with Crippen LogP contribution in [0.5, 0.6) is 0 Å². The zero-order chi connectivity index (χ0) is 15.5. The molecule has 0 unspecified atom stereocenters. The fourth-order valence-electron chi connectivity index (χ4n) is 1.98. The highest BCUT2D eigenvalue weighted by molar-refractivity contribution is 6.01. The first-order valence-electron chi connectivity index (χ1n) is 6.58. The first-order chi connectivity index (χ1) is 9.11. The van der Waals surface area contributed by atoms with E-state index >= 15 is 0 Å². The van der Waals surface area contributed by atoms with E-state index in [9.17, 15) is 4.79 Å². The second kappa shape index (κ2) is 5.94. The summed E-state index contributed by atoms with van der Waals surface area (Å²) in [7, 11) is 1.80. The van der Waals surface area contributed by atoms with E-state index in [1.807, 2.05) is 52.8 Å². The Labute approximate surface area is 120 Å². The number of hydrogen-bond donors (Lipinski definition) is 2. The number of rotatable bonds is 1. The number of guanidine groups is 1. The monoisotopic (exact) mass is 276 g/mol. The molecule has 0 aromatic heterocycles. The fourth-order valence-corrected chi connectivity index (χ4v) is 1.98. The minimum absolute atomic E-state index is 0.171. The maximum absolute atomic E-state index is 11.8. The van der Waals surface area contributed by atoms with E-state index in [1.54, 1.807) is 11.9 Å². The van der Waals surface area contributed by atoms with Gasteiger partial charge in [-0.1, -0.05) is 18.2 Å². The van der Waals surface area contributed by atoms with Gasteiger partial charge in [-0.25, -0.2) is 4.79 Å². The Kier molecular flexibility index (Phi) is 4.76. The van der Waals surface area contributed by atoms with Gasteiger partial charge in [-0.15, -0.1) is 0 Å². The van der Waals surface area contributed by atoms with Gasteiger partial charge in [0, 0.05) is 18.3 Å². The van der Waals surface area contributed by atoms with E-state index in [-0.39, 0.29) is 11.5 Å². The predicted molar refractivity (Wildman–Crippen MR) is 84.2 cm³/mol. The first kappa shape index (κ1) is 16.0. The molecule has 1 aromatic carbocycles. The molecule has 0 bridgehead atoms. The Morgan fingerprint density at radius 2 is 1.75 bits per heavy atom. The lowest BCUT2D eigenvalue weighted by atomic mass is 10.1. The molecule has 110 valence electrons. The number of nitrogens with zero attached hydrogens (tertiary/aromatic N) is 2. The zero-order valence-corrected chi connectivity index (χ0v) is 13.1. The maximum Gasteiger partial charge on any atom is 0.344 e. The molecular formula is C15H24N4O. The molecule has 20 heavy (non-hydrogen) atoms.